The molecule has 0 saturated heterocycles. The highest BCUT2D eigenvalue weighted by Gasteiger charge is 1.98. The van der Waals surface area contributed by atoms with Gasteiger partial charge in [0.05, 0.1) is 5.69 Å². The lowest BCUT2D eigenvalue weighted by Crippen LogP contribution is -1.78. The van der Waals surface area contributed by atoms with E-state index in [1.54, 1.807) is 12.3 Å². The van der Waals surface area contributed by atoms with Crippen LogP contribution in [0.2, 0.25) is 0 Å². The second-order valence-corrected chi connectivity index (χ2v) is 3.58. The first-order chi connectivity index (χ1) is 5.75. The van der Waals surface area contributed by atoms with Crippen LogP contribution < -0.4 is 0 Å². The molecule has 1 rings (SSSR count). The first kappa shape index (κ1) is 9.45. The molecule has 1 aromatic carbocycles. The van der Waals surface area contributed by atoms with Crippen molar-refractivity contribution in [2.45, 2.75) is 6.92 Å². The molecule has 0 saturated carbocycles. The summed E-state index contributed by atoms with van der Waals surface area (Å²) in [5.41, 5.74) is 2.23. The Labute approximate surface area is 86.4 Å². The fraction of sp³-hybridized carbons (Fsp3) is 0.100. The first-order valence-corrected chi connectivity index (χ1v) is 4.74. The van der Waals surface area contributed by atoms with Crippen LogP contribution in [0, 0.1) is 10.5 Å². The van der Waals surface area contributed by atoms with Crippen LogP contribution in [0.25, 0.3) is 0 Å². The molecular weight excluding hydrogens is 261 g/mol. The highest BCUT2D eigenvalue weighted by Crippen LogP contribution is 2.24. The fourth-order valence-corrected chi connectivity index (χ4v) is 1.69. The van der Waals surface area contributed by atoms with Gasteiger partial charge in [-0.05, 0) is 41.1 Å². The molecule has 62 valence electrons. The standard InChI is InChI=1S/C10H10IN/c1-3-7-12-10-8(2)5-4-6-9(10)11/h3-7H,1H2,2H3/b12-7-. The van der Waals surface area contributed by atoms with E-state index in [4.69, 9.17) is 0 Å². The zero-order chi connectivity index (χ0) is 8.97. The van der Waals surface area contributed by atoms with E-state index in [0.29, 0.717) is 0 Å². The molecule has 2 heteroatoms. The second kappa shape index (κ2) is 4.40. The van der Waals surface area contributed by atoms with Crippen LogP contribution in [0.15, 0.2) is 35.8 Å². The van der Waals surface area contributed by atoms with Crippen LogP contribution in [0.1, 0.15) is 5.56 Å². The van der Waals surface area contributed by atoms with Crippen molar-refractivity contribution in [2.75, 3.05) is 0 Å². The third kappa shape index (κ3) is 2.17. The summed E-state index contributed by atoms with van der Waals surface area (Å²) in [5.74, 6) is 0. The van der Waals surface area contributed by atoms with Gasteiger partial charge in [0, 0.05) is 9.78 Å². The molecule has 0 unspecified atom stereocenters. The average Bonchev–Trinajstić information content (AvgIpc) is 2.04. The minimum absolute atomic E-state index is 1.04. The van der Waals surface area contributed by atoms with E-state index in [1.807, 2.05) is 12.1 Å². The van der Waals surface area contributed by atoms with Gasteiger partial charge >= 0.3 is 0 Å². The molecule has 0 aliphatic heterocycles. The second-order valence-electron chi connectivity index (χ2n) is 2.42. The van der Waals surface area contributed by atoms with E-state index in [0.717, 1.165) is 5.69 Å². The topological polar surface area (TPSA) is 12.4 Å². The van der Waals surface area contributed by atoms with Crippen molar-refractivity contribution >= 4 is 34.5 Å². The number of para-hydroxylation sites is 1. The average molecular weight is 271 g/mol. The van der Waals surface area contributed by atoms with Crippen LogP contribution in [0.4, 0.5) is 5.69 Å². The maximum atomic E-state index is 4.27. The predicted octanol–water partition coefficient (Wildman–Crippen LogP) is 3.49. The maximum absolute atomic E-state index is 4.27. The van der Waals surface area contributed by atoms with E-state index >= 15 is 0 Å². The molecule has 1 nitrogen and oxygen atoms in total. The smallest absolute Gasteiger partial charge is 0.0792 e. The van der Waals surface area contributed by atoms with Crippen molar-refractivity contribution in [2.24, 2.45) is 4.99 Å². The summed E-state index contributed by atoms with van der Waals surface area (Å²) in [5, 5.41) is 0. The SMILES string of the molecule is C=C/C=N\c1c(C)cccc1I. The summed E-state index contributed by atoms with van der Waals surface area (Å²) < 4.78 is 1.17. The van der Waals surface area contributed by atoms with Gasteiger partial charge in [0.2, 0.25) is 0 Å². The van der Waals surface area contributed by atoms with Gasteiger partial charge in [0.1, 0.15) is 0 Å². The number of halogens is 1. The number of hydrogen-bond acceptors (Lipinski definition) is 1. The van der Waals surface area contributed by atoms with Crippen molar-refractivity contribution in [3.63, 3.8) is 0 Å². The molecule has 0 spiro atoms. The molecule has 12 heavy (non-hydrogen) atoms. The van der Waals surface area contributed by atoms with Crippen molar-refractivity contribution in [1.82, 2.24) is 0 Å². The Morgan fingerprint density at radius 1 is 1.50 bits per heavy atom. The summed E-state index contributed by atoms with van der Waals surface area (Å²) >= 11 is 2.28. The lowest BCUT2D eigenvalue weighted by molar-refractivity contribution is 1.38. The van der Waals surface area contributed by atoms with Crippen molar-refractivity contribution in [1.29, 1.82) is 0 Å². The Morgan fingerprint density at radius 2 is 2.25 bits per heavy atom. The van der Waals surface area contributed by atoms with E-state index in [2.05, 4.69) is 47.2 Å². The minimum atomic E-state index is 1.04. The third-order valence-electron chi connectivity index (χ3n) is 1.50. The number of allylic oxidation sites excluding steroid dienone is 1. The molecular formula is C10H10IN. The molecule has 0 fully saturated rings. The van der Waals surface area contributed by atoms with Gasteiger partial charge in [-0.2, -0.15) is 0 Å². The Balaban J connectivity index is 3.12. The van der Waals surface area contributed by atoms with Crippen LogP contribution >= 0.6 is 22.6 Å². The number of hydrogen-bond donors (Lipinski definition) is 0. The number of aryl methyl sites for hydroxylation is 1. The molecule has 0 aromatic heterocycles. The minimum Gasteiger partial charge on any atom is -0.256 e. The molecule has 0 bridgehead atoms. The molecule has 0 heterocycles. The first-order valence-electron chi connectivity index (χ1n) is 3.66. The zero-order valence-corrected chi connectivity index (χ0v) is 9.08. The predicted molar refractivity (Wildman–Crippen MR) is 62.2 cm³/mol. The van der Waals surface area contributed by atoms with Crippen molar-refractivity contribution in [3.05, 3.63) is 40.0 Å². The van der Waals surface area contributed by atoms with Gasteiger partial charge in [-0.3, -0.25) is 4.99 Å². The molecule has 0 radical (unpaired) electrons. The van der Waals surface area contributed by atoms with E-state index in [9.17, 15) is 0 Å². The lowest BCUT2D eigenvalue weighted by Gasteiger charge is -2.00. The number of nitrogens with zero attached hydrogens (tertiary/aromatic N) is 1. The van der Waals surface area contributed by atoms with E-state index in [1.165, 1.54) is 9.13 Å². The zero-order valence-electron chi connectivity index (χ0n) is 6.92. The molecule has 0 N–H and O–H groups in total. The normalized spacial score (nSPS) is 10.5. The number of aliphatic imine (C=N–C) groups is 1. The van der Waals surface area contributed by atoms with Crippen molar-refractivity contribution < 1.29 is 0 Å². The molecule has 0 aliphatic rings. The van der Waals surface area contributed by atoms with Crippen LogP contribution in [-0.2, 0) is 0 Å². The summed E-state index contributed by atoms with van der Waals surface area (Å²) in [6, 6.07) is 6.13. The largest absolute Gasteiger partial charge is 0.256 e. The lowest BCUT2D eigenvalue weighted by atomic mass is 10.2. The fourth-order valence-electron chi connectivity index (χ4n) is 0.914. The monoisotopic (exact) mass is 271 g/mol. The molecule has 0 atom stereocenters. The molecule has 1 aromatic rings. The van der Waals surface area contributed by atoms with Crippen molar-refractivity contribution in [3.8, 4) is 0 Å². The van der Waals surface area contributed by atoms with E-state index < -0.39 is 0 Å². The Morgan fingerprint density at radius 3 is 2.83 bits per heavy atom. The van der Waals surface area contributed by atoms with Gasteiger partial charge in [0.15, 0.2) is 0 Å². The summed E-state index contributed by atoms with van der Waals surface area (Å²) in [6.45, 7) is 5.64. The van der Waals surface area contributed by atoms with Crippen LogP contribution in [-0.4, -0.2) is 6.21 Å². The Hall–Kier alpha value is -0.640. The quantitative estimate of drug-likeness (QED) is 0.576. The van der Waals surface area contributed by atoms with E-state index in [-0.39, 0.29) is 0 Å². The van der Waals surface area contributed by atoms with Crippen LogP contribution in [0.3, 0.4) is 0 Å². The Bertz CT molecular complexity index is 295. The van der Waals surface area contributed by atoms with Gasteiger partial charge in [-0.1, -0.05) is 24.8 Å². The van der Waals surface area contributed by atoms with Gasteiger partial charge < -0.3 is 0 Å². The highest BCUT2D eigenvalue weighted by atomic mass is 127. The maximum Gasteiger partial charge on any atom is 0.0792 e. The third-order valence-corrected chi connectivity index (χ3v) is 2.37. The molecule has 0 amide bonds. The van der Waals surface area contributed by atoms with Gasteiger partial charge in [-0.15, -0.1) is 0 Å². The summed E-state index contributed by atoms with van der Waals surface area (Å²) in [4.78, 5) is 4.27. The summed E-state index contributed by atoms with van der Waals surface area (Å²) in [7, 11) is 0. The van der Waals surface area contributed by atoms with Gasteiger partial charge in [-0.25, -0.2) is 0 Å². The Kier molecular flexibility index (Phi) is 3.47. The van der Waals surface area contributed by atoms with Crippen LogP contribution in [0.5, 0.6) is 0 Å². The molecule has 0 aliphatic carbocycles. The highest BCUT2D eigenvalue weighted by molar-refractivity contribution is 14.1. The van der Waals surface area contributed by atoms with Gasteiger partial charge in [0.25, 0.3) is 0 Å². The number of rotatable bonds is 2. The number of benzene rings is 1. The summed E-state index contributed by atoms with van der Waals surface area (Å²) in [6.07, 6.45) is 3.40.